The Kier molecular flexibility index (Phi) is 3.84. The first kappa shape index (κ1) is 12.6. The zero-order valence-electron chi connectivity index (χ0n) is 9.01. The van der Waals surface area contributed by atoms with Crippen LogP contribution in [0.1, 0.15) is 0 Å². The summed E-state index contributed by atoms with van der Waals surface area (Å²) in [5, 5.41) is 0. The molecule has 0 N–H and O–H groups in total. The predicted octanol–water partition coefficient (Wildman–Crippen LogP) is 5.03. The molecule has 0 spiro atoms. The lowest BCUT2D eigenvalue weighted by Crippen LogP contribution is -1.89. The smallest absolute Gasteiger partial charge is 0.132 e. The summed E-state index contributed by atoms with van der Waals surface area (Å²) in [6.45, 7) is 0. The van der Waals surface area contributed by atoms with Crippen molar-refractivity contribution >= 4 is 31.9 Å². The van der Waals surface area contributed by atoms with E-state index in [2.05, 4.69) is 31.9 Å². The summed E-state index contributed by atoms with van der Waals surface area (Å²) >= 11 is 6.79. The van der Waals surface area contributed by atoms with Crippen LogP contribution in [0.15, 0.2) is 45.3 Å². The number of rotatable bonds is 2. The highest BCUT2D eigenvalue weighted by Gasteiger charge is 2.12. The molecule has 0 saturated carbocycles. The predicted molar refractivity (Wildman–Crippen MR) is 73.8 cm³/mol. The topological polar surface area (TPSA) is 9.23 Å². The molecule has 0 bridgehead atoms. The van der Waals surface area contributed by atoms with Crippen molar-refractivity contribution in [2.24, 2.45) is 0 Å². The summed E-state index contributed by atoms with van der Waals surface area (Å²) < 4.78 is 20.4. The van der Waals surface area contributed by atoms with E-state index < -0.39 is 0 Å². The Balaban J connectivity index is 2.61. The van der Waals surface area contributed by atoms with Crippen LogP contribution in [0.4, 0.5) is 4.39 Å². The Morgan fingerprint density at radius 1 is 1.06 bits per heavy atom. The van der Waals surface area contributed by atoms with Crippen molar-refractivity contribution in [2.45, 2.75) is 0 Å². The van der Waals surface area contributed by atoms with Gasteiger partial charge in [0.1, 0.15) is 11.6 Å². The Hall–Kier alpha value is -0.870. The number of halogens is 3. The molecule has 0 radical (unpaired) electrons. The molecular formula is C13H9Br2FO. The maximum absolute atomic E-state index is 13.8. The average Bonchev–Trinajstić information content (AvgIpc) is 2.30. The van der Waals surface area contributed by atoms with Gasteiger partial charge in [-0.1, -0.05) is 37.9 Å². The van der Waals surface area contributed by atoms with Crippen LogP contribution in [0.3, 0.4) is 0 Å². The zero-order valence-corrected chi connectivity index (χ0v) is 12.2. The van der Waals surface area contributed by atoms with Crippen LogP contribution in [-0.2, 0) is 0 Å². The molecule has 0 heterocycles. The fourth-order valence-electron chi connectivity index (χ4n) is 1.58. The van der Waals surface area contributed by atoms with Crippen LogP contribution in [-0.4, -0.2) is 7.11 Å². The van der Waals surface area contributed by atoms with Gasteiger partial charge in [-0.15, -0.1) is 0 Å². The molecule has 4 heteroatoms. The van der Waals surface area contributed by atoms with Gasteiger partial charge in [0.05, 0.1) is 7.11 Å². The lowest BCUT2D eigenvalue weighted by molar-refractivity contribution is 0.414. The average molecular weight is 360 g/mol. The highest BCUT2D eigenvalue weighted by Crippen LogP contribution is 2.37. The Morgan fingerprint density at radius 2 is 1.82 bits per heavy atom. The van der Waals surface area contributed by atoms with Gasteiger partial charge in [0.2, 0.25) is 0 Å². The van der Waals surface area contributed by atoms with Crippen LogP contribution in [0.5, 0.6) is 5.75 Å². The highest BCUT2D eigenvalue weighted by molar-refractivity contribution is 9.11. The van der Waals surface area contributed by atoms with Crippen LogP contribution in [0, 0.1) is 5.82 Å². The number of benzene rings is 2. The van der Waals surface area contributed by atoms with Gasteiger partial charge in [-0.05, 0) is 30.3 Å². The standard InChI is InChI=1S/C13H9Br2FO/c1-17-8-5-6-9(11(15)7-8)13-10(14)3-2-4-12(13)16/h2-7H,1H3. The van der Waals surface area contributed by atoms with Crippen molar-refractivity contribution in [2.75, 3.05) is 7.11 Å². The third-order valence-corrected chi connectivity index (χ3v) is 3.73. The first-order chi connectivity index (χ1) is 8.13. The molecule has 0 fully saturated rings. The van der Waals surface area contributed by atoms with Crippen LogP contribution < -0.4 is 4.74 Å². The van der Waals surface area contributed by atoms with E-state index in [1.165, 1.54) is 6.07 Å². The normalized spacial score (nSPS) is 10.4. The lowest BCUT2D eigenvalue weighted by Gasteiger charge is -2.10. The van der Waals surface area contributed by atoms with Gasteiger partial charge in [-0.3, -0.25) is 0 Å². The second-order valence-electron chi connectivity index (χ2n) is 3.44. The van der Waals surface area contributed by atoms with Gasteiger partial charge < -0.3 is 4.74 Å². The molecule has 0 amide bonds. The van der Waals surface area contributed by atoms with Gasteiger partial charge in [0, 0.05) is 20.1 Å². The van der Waals surface area contributed by atoms with Crippen molar-refractivity contribution in [3.05, 3.63) is 51.2 Å². The van der Waals surface area contributed by atoms with Crippen LogP contribution in [0.25, 0.3) is 11.1 Å². The second-order valence-corrected chi connectivity index (χ2v) is 5.15. The molecule has 88 valence electrons. The zero-order chi connectivity index (χ0) is 12.4. The summed E-state index contributed by atoms with van der Waals surface area (Å²) in [6.07, 6.45) is 0. The van der Waals surface area contributed by atoms with Crippen molar-refractivity contribution in [1.82, 2.24) is 0 Å². The van der Waals surface area contributed by atoms with Gasteiger partial charge in [0.15, 0.2) is 0 Å². The molecule has 0 atom stereocenters. The number of ether oxygens (including phenoxy) is 1. The maximum atomic E-state index is 13.8. The van der Waals surface area contributed by atoms with E-state index in [1.54, 1.807) is 19.2 Å². The molecule has 2 rings (SSSR count). The van der Waals surface area contributed by atoms with Gasteiger partial charge >= 0.3 is 0 Å². The Bertz CT molecular complexity index is 535. The fraction of sp³-hybridized carbons (Fsp3) is 0.0769. The summed E-state index contributed by atoms with van der Waals surface area (Å²) in [4.78, 5) is 0. The first-order valence-corrected chi connectivity index (χ1v) is 6.50. The lowest BCUT2D eigenvalue weighted by atomic mass is 10.1. The minimum absolute atomic E-state index is 0.259. The molecular weight excluding hydrogens is 351 g/mol. The second kappa shape index (κ2) is 5.19. The largest absolute Gasteiger partial charge is 0.497 e. The minimum atomic E-state index is -0.259. The SMILES string of the molecule is COc1ccc(-c2c(F)cccc2Br)c(Br)c1. The van der Waals surface area contributed by atoms with Crippen molar-refractivity contribution < 1.29 is 9.13 Å². The minimum Gasteiger partial charge on any atom is -0.497 e. The molecule has 1 nitrogen and oxygen atoms in total. The van der Waals surface area contributed by atoms with E-state index in [0.717, 1.165) is 20.3 Å². The van der Waals surface area contributed by atoms with E-state index in [1.807, 2.05) is 18.2 Å². The van der Waals surface area contributed by atoms with Crippen LogP contribution >= 0.6 is 31.9 Å². The quantitative estimate of drug-likeness (QED) is 0.730. The molecule has 0 aliphatic heterocycles. The summed E-state index contributed by atoms with van der Waals surface area (Å²) in [5.41, 5.74) is 1.33. The molecule has 0 unspecified atom stereocenters. The molecule has 0 aromatic heterocycles. The number of methoxy groups -OCH3 is 1. The van der Waals surface area contributed by atoms with E-state index in [4.69, 9.17) is 4.74 Å². The molecule has 0 saturated heterocycles. The Morgan fingerprint density at radius 3 is 2.41 bits per heavy atom. The monoisotopic (exact) mass is 358 g/mol. The summed E-state index contributed by atoms with van der Waals surface area (Å²) in [7, 11) is 1.60. The van der Waals surface area contributed by atoms with Crippen molar-refractivity contribution in [3.8, 4) is 16.9 Å². The van der Waals surface area contributed by atoms with Crippen LogP contribution in [0.2, 0.25) is 0 Å². The maximum Gasteiger partial charge on any atom is 0.132 e. The molecule has 2 aromatic carbocycles. The van der Waals surface area contributed by atoms with Gasteiger partial charge in [-0.2, -0.15) is 0 Å². The third-order valence-electron chi connectivity index (χ3n) is 2.41. The van der Waals surface area contributed by atoms with Gasteiger partial charge in [-0.25, -0.2) is 4.39 Å². The summed E-state index contributed by atoms with van der Waals surface area (Å²) in [5.74, 6) is 0.471. The van der Waals surface area contributed by atoms with Gasteiger partial charge in [0.25, 0.3) is 0 Å². The number of hydrogen-bond acceptors (Lipinski definition) is 1. The first-order valence-electron chi connectivity index (χ1n) is 4.91. The molecule has 17 heavy (non-hydrogen) atoms. The van der Waals surface area contributed by atoms with E-state index in [-0.39, 0.29) is 5.82 Å². The van der Waals surface area contributed by atoms with E-state index in [9.17, 15) is 4.39 Å². The van der Waals surface area contributed by atoms with E-state index in [0.29, 0.717) is 5.56 Å². The van der Waals surface area contributed by atoms with E-state index >= 15 is 0 Å². The summed E-state index contributed by atoms with van der Waals surface area (Å²) in [6, 6.07) is 10.4. The highest BCUT2D eigenvalue weighted by atomic mass is 79.9. The third kappa shape index (κ3) is 2.53. The molecule has 2 aromatic rings. The fourth-order valence-corrected chi connectivity index (χ4v) is 2.69. The Labute approximate surface area is 116 Å². The molecule has 0 aliphatic rings. The van der Waals surface area contributed by atoms with Crippen molar-refractivity contribution in [1.29, 1.82) is 0 Å². The van der Waals surface area contributed by atoms with Crippen molar-refractivity contribution in [3.63, 3.8) is 0 Å². The molecule has 0 aliphatic carbocycles. The number of hydrogen-bond donors (Lipinski definition) is 0.